The van der Waals surface area contributed by atoms with Gasteiger partial charge >= 0.3 is 6.03 Å². The number of thiazole rings is 1. The molecule has 24 nitrogen and oxygen atoms in total. The summed E-state index contributed by atoms with van der Waals surface area (Å²) >= 11 is 7.38. The Morgan fingerprint density at radius 2 is 1.47 bits per heavy atom. The third kappa shape index (κ3) is 22.9. The quantitative estimate of drug-likeness (QED) is 0.0343. The maximum Gasteiger partial charge on any atom is 0.325 e. The number of benzene rings is 3. The molecule has 2 saturated heterocycles. The molecule has 6 aromatic rings. The number of halogens is 1. The summed E-state index contributed by atoms with van der Waals surface area (Å²) in [5.74, 6) is 1.07. The first kappa shape index (κ1) is 68.1. The molecule has 1 atom stereocenters. The Labute approximate surface area is 535 Å². The number of aromatic nitrogens is 5. The van der Waals surface area contributed by atoms with E-state index in [0.717, 1.165) is 68.0 Å². The number of anilines is 2. The van der Waals surface area contributed by atoms with Gasteiger partial charge in [0.25, 0.3) is 0 Å². The molecule has 484 valence electrons. The Balaban J connectivity index is 0.627. The van der Waals surface area contributed by atoms with Gasteiger partial charge in [-0.05, 0) is 118 Å². The van der Waals surface area contributed by atoms with Crippen LogP contribution in [0.3, 0.4) is 0 Å². The van der Waals surface area contributed by atoms with E-state index in [9.17, 15) is 24.0 Å². The molecule has 6 amide bonds. The molecule has 2 aliphatic heterocycles. The minimum Gasteiger partial charge on any atom is -0.494 e. The summed E-state index contributed by atoms with van der Waals surface area (Å²) in [6, 6.07) is 23.9. The van der Waals surface area contributed by atoms with E-state index in [2.05, 4.69) is 53.1 Å². The van der Waals surface area contributed by atoms with Gasteiger partial charge in [-0.25, -0.2) is 19.4 Å². The van der Waals surface area contributed by atoms with E-state index in [4.69, 9.17) is 40.0 Å². The lowest BCUT2D eigenvalue weighted by Crippen LogP contribution is -2.47. The Morgan fingerprint density at radius 1 is 0.744 bits per heavy atom. The highest BCUT2D eigenvalue weighted by Crippen LogP contribution is 2.30. The third-order valence-corrected chi connectivity index (χ3v) is 16.3. The van der Waals surface area contributed by atoms with Crippen LogP contribution in [0.5, 0.6) is 17.4 Å². The number of likely N-dealkylation sites (tertiary alicyclic amines) is 1. The second-order valence-electron chi connectivity index (χ2n) is 21.9. The lowest BCUT2D eigenvalue weighted by molar-refractivity contribution is -0.142. The van der Waals surface area contributed by atoms with Crippen molar-refractivity contribution < 1.29 is 52.4 Å². The number of piperazine rings is 1. The molecule has 90 heavy (non-hydrogen) atoms. The first-order valence-electron chi connectivity index (χ1n) is 30.7. The van der Waals surface area contributed by atoms with Crippen molar-refractivity contribution in [3.8, 4) is 17.4 Å². The number of methoxy groups -OCH3 is 1. The minimum absolute atomic E-state index is 0.0363. The summed E-state index contributed by atoms with van der Waals surface area (Å²) in [5.41, 5.74) is 4.30. The molecule has 3 aromatic heterocycles. The van der Waals surface area contributed by atoms with Crippen molar-refractivity contribution in [1.29, 1.82) is 0 Å². The summed E-state index contributed by atoms with van der Waals surface area (Å²) in [6.45, 7) is 10.5. The van der Waals surface area contributed by atoms with Gasteiger partial charge in [-0.3, -0.25) is 24.5 Å². The van der Waals surface area contributed by atoms with Crippen molar-refractivity contribution in [3.05, 3.63) is 136 Å². The van der Waals surface area contributed by atoms with Crippen LogP contribution in [0.4, 0.5) is 15.6 Å². The number of nitrogens with one attached hydrogen (secondary N) is 3. The largest absolute Gasteiger partial charge is 0.494 e. The number of nitrogens with zero attached hydrogens (tertiary/aromatic N) is 10. The van der Waals surface area contributed by atoms with Gasteiger partial charge in [0.15, 0.2) is 5.13 Å². The average molecular weight is 1280 g/mol. The number of amides is 6. The number of ether oxygens (including phenoxy) is 6. The fourth-order valence-corrected chi connectivity index (χ4v) is 10.9. The van der Waals surface area contributed by atoms with Gasteiger partial charge in [-0.2, -0.15) is 0 Å². The van der Waals surface area contributed by atoms with E-state index >= 15 is 0 Å². The first-order chi connectivity index (χ1) is 43.8. The van der Waals surface area contributed by atoms with Crippen molar-refractivity contribution in [3.63, 3.8) is 0 Å². The Kier molecular flexibility index (Phi) is 27.8. The highest BCUT2D eigenvalue weighted by Gasteiger charge is 2.35. The van der Waals surface area contributed by atoms with Gasteiger partial charge in [-0.1, -0.05) is 41.1 Å². The molecule has 0 radical (unpaired) electrons. The third-order valence-electron chi connectivity index (χ3n) is 15.2. The summed E-state index contributed by atoms with van der Waals surface area (Å²) in [7, 11) is 5.61. The zero-order chi connectivity index (χ0) is 63.3. The molecule has 0 saturated carbocycles. The van der Waals surface area contributed by atoms with E-state index in [1.807, 2.05) is 54.5 Å². The maximum atomic E-state index is 14.3. The number of aryl methyl sites for hydroxylation is 1. The summed E-state index contributed by atoms with van der Waals surface area (Å²) < 4.78 is 36.6. The van der Waals surface area contributed by atoms with Crippen molar-refractivity contribution in [2.75, 3.05) is 144 Å². The molecule has 2 fully saturated rings. The molecular weight excluding hydrogens is 1190 g/mol. The van der Waals surface area contributed by atoms with Crippen LogP contribution >= 0.6 is 22.9 Å². The second kappa shape index (κ2) is 36.8. The van der Waals surface area contributed by atoms with Gasteiger partial charge in [0, 0.05) is 112 Å². The molecule has 0 bridgehead atoms. The van der Waals surface area contributed by atoms with Gasteiger partial charge in [0.1, 0.15) is 24.1 Å². The normalized spacial score (nSPS) is 13.8. The van der Waals surface area contributed by atoms with Gasteiger partial charge in [-0.15, -0.1) is 16.4 Å². The number of hydrogen-bond donors (Lipinski definition) is 3. The smallest absolute Gasteiger partial charge is 0.325 e. The number of likely N-dealkylation sites (N-methyl/N-ethyl adjacent to an activating group) is 2. The molecule has 8 rings (SSSR count). The van der Waals surface area contributed by atoms with Crippen LogP contribution in [0.25, 0.3) is 0 Å². The topological polar surface area (TPSA) is 250 Å². The van der Waals surface area contributed by atoms with E-state index in [-0.39, 0.29) is 49.5 Å². The molecule has 0 spiro atoms. The monoisotopic (exact) mass is 1280 g/mol. The van der Waals surface area contributed by atoms with Crippen LogP contribution < -0.4 is 30.2 Å². The van der Waals surface area contributed by atoms with Crippen LogP contribution in [0.1, 0.15) is 66.2 Å². The SMILES string of the molecule is COc1ncccc1C(C(=O)NCc1ccc(Cl)cc1)N(CCN1CCCC1=O)C(=O)CCc1ccc(OCCCCN(C)CCOCCOCCc2cn(CCOCCOc3ccc(NC(=O)Nc4nc(CC(=O)N5CCN(C)CC5)cs4)cc3)nn2)cc1. The standard InChI is InChI=1S/C64H84ClN13O11S/c1-73(26-4-5-36-88-54-19-12-48(13-20-54)14-23-58(80)78(33-32-75-27-7-9-57(75)79)60(56-8-6-25-66-62(56)84-3)61(82)67-45-49-10-15-50(65)16-11-49)34-38-86-41-40-85-37-24-52-46-77(72-71-52)35-39-87-42-43-89-55-21-17-51(18-22-55)68-63(83)70-64-69-53(47-90-64)44-59(81)76-30-28-74(2)29-31-76/h6,8,10-13,15-22,25,46-47,60H,4-5,7,9,14,23-24,26-45H2,1-3H3,(H,67,82)(H2,68,69,70,83). The number of unbranched alkanes of at least 4 members (excludes halogenated alkanes) is 1. The summed E-state index contributed by atoms with van der Waals surface area (Å²) in [5, 5.41) is 19.8. The number of hydrogen-bond acceptors (Lipinski definition) is 18. The number of urea groups is 1. The van der Waals surface area contributed by atoms with E-state index in [1.165, 1.54) is 18.4 Å². The summed E-state index contributed by atoms with van der Waals surface area (Å²) in [4.78, 5) is 84.9. The average Bonchev–Trinajstić information content (AvgIpc) is 1.44. The van der Waals surface area contributed by atoms with Gasteiger partial charge in [0.2, 0.25) is 29.5 Å². The van der Waals surface area contributed by atoms with Crippen LogP contribution in [0.15, 0.2) is 103 Å². The molecule has 3 N–H and O–H groups in total. The van der Waals surface area contributed by atoms with Crippen molar-refractivity contribution >= 4 is 63.4 Å². The van der Waals surface area contributed by atoms with Gasteiger partial charge in [0.05, 0.1) is 77.7 Å². The van der Waals surface area contributed by atoms with Crippen molar-refractivity contribution in [2.24, 2.45) is 0 Å². The number of pyridine rings is 1. The fourth-order valence-electron chi connectivity index (χ4n) is 10.0. The van der Waals surface area contributed by atoms with Crippen LogP contribution in [-0.4, -0.2) is 212 Å². The molecule has 1 unspecified atom stereocenters. The summed E-state index contributed by atoms with van der Waals surface area (Å²) in [6.07, 6.45) is 7.94. The molecule has 0 aliphatic carbocycles. The van der Waals surface area contributed by atoms with Crippen LogP contribution in [0, 0.1) is 0 Å². The predicted octanol–water partition coefficient (Wildman–Crippen LogP) is 6.66. The number of carbonyl (C=O) groups is 5. The second-order valence-corrected chi connectivity index (χ2v) is 23.2. The molecule has 26 heteroatoms. The first-order valence-corrected chi connectivity index (χ1v) is 31.9. The van der Waals surface area contributed by atoms with Crippen molar-refractivity contribution in [2.45, 2.75) is 70.5 Å². The van der Waals surface area contributed by atoms with E-state index in [1.54, 1.807) is 74.6 Å². The van der Waals surface area contributed by atoms with Gasteiger partial charge < -0.3 is 63.6 Å². The highest BCUT2D eigenvalue weighted by atomic mass is 35.5. The number of rotatable bonds is 38. The maximum absolute atomic E-state index is 14.3. The molecule has 5 heterocycles. The fraction of sp³-hybridized carbons (Fsp3) is 0.484. The Bertz CT molecular complexity index is 3170. The zero-order valence-electron chi connectivity index (χ0n) is 51.7. The lowest BCUT2D eigenvalue weighted by atomic mass is 10.0. The lowest BCUT2D eigenvalue weighted by Gasteiger charge is -2.33. The predicted molar refractivity (Wildman–Crippen MR) is 342 cm³/mol. The minimum atomic E-state index is -1.07. The molecule has 2 aliphatic rings. The van der Waals surface area contributed by atoms with E-state index in [0.29, 0.717) is 138 Å². The van der Waals surface area contributed by atoms with Crippen LogP contribution in [0.2, 0.25) is 5.02 Å². The number of carbonyl (C=O) groups excluding carboxylic acids is 5. The van der Waals surface area contributed by atoms with Crippen LogP contribution in [-0.2, 0) is 65.7 Å². The molecular formula is C64H84ClN13O11S. The Morgan fingerprint density at radius 3 is 2.22 bits per heavy atom. The molecule has 3 aromatic carbocycles. The van der Waals surface area contributed by atoms with Crippen molar-refractivity contribution in [1.82, 2.24) is 54.8 Å². The Hall–Kier alpha value is -7.78. The van der Waals surface area contributed by atoms with E-state index < -0.39 is 18.0 Å². The highest BCUT2D eigenvalue weighted by molar-refractivity contribution is 7.14. The zero-order valence-corrected chi connectivity index (χ0v) is 53.3.